The van der Waals surface area contributed by atoms with Gasteiger partial charge in [0, 0.05) is 17.7 Å². The Kier molecular flexibility index (Phi) is 5.96. The van der Waals surface area contributed by atoms with Gasteiger partial charge in [-0.05, 0) is 17.7 Å². The zero-order valence-corrected chi connectivity index (χ0v) is 16.9. The summed E-state index contributed by atoms with van der Waals surface area (Å²) in [5, 5.41) is 6.13. The van der Waals surface area contributed by atoms with E-state index < -0.39 is 0 Å². The van der Waals surface area contributed by atoms with E-state index >= 15 is 0 Å². The number of benzene rings is 3. The third kappa shape index (κ3) is 4.61. The zero-order chi connectivity index (χ0) is 20.8. The van der Waals surface area contributed by atoms with Crippen molar-refractivity contribution < 1.29 is 9.59 Å². The highest BCUT2D eigenvalue weighted by Crippen LogP contribution is 2.31. The van der Waals surface area contributed by atoms with E-state index in [1.807, 2.05) is 66.7 Å². The third-order valence-corrected chi connectivity index (χ3v) is 5.40. The van der Waals surface area contributed by atoms with Gasteiger partial charge in [0.2, 0.25) is 0 Å². The topological polar surface area (TPSA) is 71.1 Å². The number of anilines is 1. The summed E-state index contributed by atoms with van der Waals surface area (Å²) in [5.74, 6) is -0.490. The molecule has 0 spiro atoms. The van der Waals surface area contributed by atoms with Gasteiger partial charge >= 0.3 is 0 Å². The maximum Gasteiger partial charge on any atom is 0.264 e. The smallest absolute Gasteiger partial charge is 0.264 e. The molecule has 0 aliphatic heterocycles. The van der Waals surface area contributed by atoms with Crippen molar-refractivity contribution in [3.63, 3.8) is 0 Å². The van der Waals surface area contributed by atoms with Gasteiger partial charge in [0.25, 0.3) is 11.8 Å². The van der Waals surface area contributed by atoms with Crippen molar-refractivity contribution in [2.45, 2.75) is 6.54 Å². The first-order chi connectivity index (χ1) is 14.7. The van der Waals surface area contributed by atoms with E-state index in [2.05, 4.69) is 15.6 Å². The molecule has 6 heteroatoms. The van der Waals surface area contributed by atoms with Gasteiger partial charge in [0.15, 0.2) is 5.13 Å². The predicted molar refractivity (Wildman–Crippen MR) is 120 cm³/mol. The van der Waals surface area contributed by atoms with Crippen molar-refractivity contribution in [3.8, 4) is 11.3 Å². The summed E-state index contributed by atoms with van der Waals surface area (Å²) in [4.78, 5) is 30.4. The molecule has 2 amide bonds. The summed E-state index contributed by atoms with van der Waals surface area (Å²) in [6.07, 6.45) is 0. The Balaban J connectivity index is 1.59. The number of carbonyl (C=O) groups excluding carboxylic acids is 2. The van der Waals surface area contributed by atoms with Crippen LogP contribution in [0.4, 0.5) is 5.13 Å². The van der Waals surface area contributed by atoms with Crippen molar-refractivity contribution >= 4 is 28.3 Å². The SMILES string of the molecule is O=C(Nc1nc(-c2ccccc2)c(C(=O)NCc2ccccc2)s1)c1ccccc1. The highest BCUT2D eigenvalue weighted by molar-refractivity contribution is 7.18. The second-order valence-corrected chi connectivity index (χ2v) is 7.55. The molecule has 0 bridgehead atoms. The predicted octanol–water partition coefficient (Wildman–Crippen LogP) is 4.99. The Morgan fingerprint density at radius 1 is 0.767 bits per heavy atom. The lowest BCUT2D eigenvalue weighted by Crippen LogP contribution is -2.22. The van der Waals surface area contributed by atoms with Crippen LogP contribution in [0.25, 0.3) is 11.3 Å². The molecule has 0 saturated carbocycles. The molecule has 1 heterocycles. The number of aromatic nitrogens is 1. The third-order valence-electron chi connectivity index (χ3n) is 4.43. The molecule has 3 aromatic carbocycles. The van der Waals surface area contributed by atoms with E-state index in [0.29, 0.717) is 27.8 Å². The highest BCUT2D eigenvalue weighted by Gasteiger charge is 2.20. The summed E-state index contributed by atoms with van der Waals surface area (Å²) in [5.41, 5.74) is 2.91. The molecule has 0 aliphatic rings. The van der Waals surface area contributed by atoms with Crippen molar-refractivity contribution in [3.05, 3.63) is 107 Å². The molecule has 1 aromatic heterocycles. The van der Waals surface area contributed by atoms with Gasteiger partial charge in [-0.3, -0.25) is 14.9 Å². The van der Waals surface area contributed by atoms with E-state index in [4.69, 9.17) is 0 Å². The summed E-state index contributed by atoms with van der Waals surface area (Å²) >= 11 is 1.17. The van der Waals surface area contributed by atoms with E-state index in [9.17, 15) is 9.59 Å². The second-order valence-electron chi connectivity index (χ2n) is 6.55. The Morgan fingerprint density at radius 2 is 1.37 bits per heavy atom. The lowest BCUT2D eigenvalue weighted by molar-refractivity contribution is 0.0954. The molecule has 4 rings (SSSR count). The van der Waals surface area contributed by atoms with Crippen LogP contribution in [-0.2, 0) is 6.54 Å². The van der Waals surface area contributed by atoms with Gasteiger partial charge in [-0.15, -0.1) is 0 Å². The number of thiazole rings is 1. The fourth-order valence-corrected chi connectivity index (χ4v) is 3.84. The molecule has 30 heavy (non-hydrogen) atoms. The molecule has 0 atom stereocenters. The summed E-state index contributed by atoms with van der Waals surface area (Å²) in [6.45, 7) is 0.414. The van der Waals surface area contributed by atoms with Crippen LogP contribution in [0, 0.1) is 0 Å². The fourth-order valence-electron chi connectivity index (χ4n) is 2.94. The molecule has 0 unspecified atom stereocenters. The van der Waals surface area contributed by atoms with Crippen LogP contribution in [0.15, 0.2) is 91.0 Å². The number of hydrogen-bond acceptors (Lipinski definition) is 4. The van der Waals surface area contributed by atoms with Crippen LogP contribution in [0.1, 0.15) is 25.6 Å². The average molecular weight is 414 g/mol. The lowest BCUT2D eigenvalue weighted by atomic mass is 10.1. The van der Waals surface area contributed by atoms with Crippen LogP contribution in [0.3, 0.4) is 0 Å². The van der Waals surface area contributed by atoms with Crippen molar-refractivity contribution in [1.29, 1.82) is 0 Å². The van der Waals surface area contributed by atoms with E-state index in [1.54, 1.807) is 24.3 Å². The number of amides is 2. The molecule has 148 valence electrons. The molecular weight excluding hydrogens is 394 g/mol. The first kappa shape index (κ1) is 19.5. The van der Waals surface area contributed by atoms with Crippen LogP contribution < -0.4 is 10.6 Å². The summed E-state index contributed by atoms with van der Waals surface area (Å²) < 4.78 is 0. The minimum absolute atomic E-state index is 0.226. The number of rotatable bonds is 6. The number of nitrogens with zero attached hydrogens (tertiary/aromatic N) is 1. The van der Waals surface area contributed by atoms with Crippen LogP contribution in [0.2, 0.25) is 0 Å². The molecule has 0 radical (unpaired) electrons. The van der Waals surface area contributed by atoms with Crippen LogP contribution in [-0.4, -0.2) is 16.8 Å². The van der Waals surface area contributed by atoms with Crippen molar-refractivity contribution in [1.82, 2.24) is 10.3 Å². The van der Waals surface area contributed by atoms with Gasteiger partial charge < -0.3 is 5.32 Å². The van der Waals surface area contributed by atoms with Crippen molar-refractivity contribution in [2.24, 2.45) is 0 Å². The Hall–Kier alpha value is -3.77. The number of nitrogens with one attached hydrogen (secondary N) is 2. The maximum atomic E-state index is 12.9. The van der Waals surface area contributed by atoms with Crippen molar-refractivity contribution in [2.75, 3.05) is 5.32 Å². The quantitative estimate of drug-likeness (QED) is 0.468. The van der Waals surface area contributed by atoms with Gasteiger partial charge in [-0.1, -0.05) is 90.2 Å². The average Bonchev–Trinajstić information content (AvgIpc) is 3.23. The first-order valence-corrected chi connectivity index (χ1v) is 10.3. The Labute approximate surface area is 178 Å². The van der Waals surface area contributed by atoms with Gasteiger partial charge in [0.1, 0.15) is 4.88 Å². The molecule has 0 aliphatic carbocycles. The van der Waals surface area contributed by atoms with Crippen LogP contribution >= 0.6 is 11.3 Å². The molecule has 2 N–H and O–H groups in total. The van der Waals surface area contributed by atoms with E-state index in [1.165, 1.54) is 11.3 Å². The summed E-state index contributed by atoms with van der Waals surface area (Å²) in [6, 6.07) is 28.1. The first-order valence-electron chi connectivity index (χ1n) is 9.45. The Morgan fingerprint density at radius 3 is 2.03 bits per heavy atom. The Bertz CT molecular complexity index is 1140. The lowest BCUT2D eigenvalue weighted by Gasteiger charge is -2.05. The highest BCUT2D eigenvalue weighted by atomic mass is 32.1. The zero-order valence-electron chi connectivity index (χ0n) is 16.0. The maximum absolute atomic E-state index is 12.9. The van der Waals surface area contributed by atoms with Gasteiger partial charge in [-0.2, -0.15) is 0 Å². The standard InChI is InChI=1S/C24H19N3O2S/c28-22(19-14-8-3-9-15-19)27-24-26-20(18-12-6-2-7-13-18)21(30-24)23(29)25-16-17-10-4-1-5-11-17/h1-15H,16H2,(H,25,29)(H,26,27,28). The largest absolute Gasteiger partial charge is 0.347 e. The molecular formula is C24H19N3O2S. The molecule has 0 saturated heterocycles. The van der Waals surface area contributed by atoms with Crippen LogP contribution in [0.5, 0.6) is 0 Å². The minimum Gasteiger partial charge on any atom is -0.347 e. The molecule has 4 aromatic rings. The number of hydrogen-bond donors (Lipinski definition) is 2. The molecule has 0 fully saturated rings. The molecule has 5 nitrogen and oxygen atoms in total. The van der Waals surface area contributed by atoms with Gasteiger partial charge in [-0.25, -0.2) is 4.98 Å². The van der Waals surface area contributed by atoms with E-state index in [0.717, 1.165) is 11.1 Å². The monoisotopic (exact) mass is 413 g/mol. The van der Waals surface area contributed by atoms with E-state index in [-0.39, 0.29) is 11.8 Å². The number of carbonyl (C=O) groups is 2. The van der Waals surface area contributed by atoms with Gasteiger partial charge in [0.05, 0.1) is 5.69 Å². The minimum atomic E-state index is -0.264. The fraction of sp³-hybridized carbons (Fsp3) is 0.0417. The summed E-state index contributed by atoms with van der Waals surface area (Å²) in [7, 11) is 0. The second kappa shape index (κ2) is 9.15. The normalized spacial score (nSPS) is 10.4.